The minimum Gasteiger partial charge on any atom is -0.325 e. The second kappa shape index (κ2) is 8.10. The van der Waals surface area contributed by atoms with Crippen LogP contribution in [0.4, 0.5) is 5.69 Å². The Morgan fingerprint density at radius 1 is 1.28 bits per heavy atom. The van der Waals surface area contributed by atoms with E-state index in [4.69, 9.17) is 0 Å². The fourth-order valence-corrected chi connectivity index (χ4v) is 4.54. The lowest BCUT2D eigenvalue weighted by Crippen LogP contribution is -2.18. The zero-order chi connectivity index (χ0) is 17.8. The Balaban J connectivity index is 1.68. The van der Waals surface area contributed by atoms with E-state index in [9.17, 15) is 9.59 Å². The molecule has 5 nitrogen and oxygen atoms in total. The van der Waals surface area contributed by atoms with E-state index >= 15 is 0 Å². The largest absolute Gasteiger partial charge is 0.325 e. The number of thioether (sulfide) groups is 2. The van der Waals surface area contributed by atoms with Crippen LogP contribution in [0.1, 0.15) is 36.2 Å². The second-order valence-electron chi connectivity index (χ2n) is 5.78. The number of fused-ring (bicyclic) bond motifs is 1. The number of benzene rings is 1. The van der Waals surface area contributed by atoms with Crippen LogP contribution in [0.5, 0.6) is 0 Å². The van der Waals surface area contributed by atoms with E-state index in [0.717, 1.165) is 52.4 Å². The van der Waals surface area contributed by atoms with Crippen molar-refractivity contribution < 1.29 is 4.79 Å². The first-order valence-corrected chi connectivity index (χ1v) is 10.5. The SMILES string of the molecule is CCc1cccc(CC)c1NC(=O)CSc1nc2c(c(=O)[nH]1)CSC2. The van der Waals surface area contributed by atoms with Crippen molar-refractivity contribution in [2.24, 2.45) is 0 Å². The van der Waals surface area contributed by atoms with Crippen molar-refractivity contribution in [3.8, 4) is 0 Å². The van der Waals surface area contributed by atoms with Gasteiger partial charge in [-0.2, -0.15) is 11.8 Å². The number of nitrogens with zero attached hydrogens (tertiary/aromatic N) is 1. The summed E-state index contributed by atoms with van der Waals surface area (Å²) in [7, 11) is 0. The lowest BCUT2D eigenvalue weighted by molar-refractivity contribution is -0.113. The first-order valence-electron chi connectivity index (χ1n) is 8.35. The molecule has 0 saturated carbocycles. The smallest absolute Gasteiger partial charge is 0.255 e. The van der Waals surface area contributed by atoms with Crippen LogP contribution < -0.4 is 10.9 Å². The highest BCUT2D eigenvalue weighted by Gasteiger charge is 2.18. The van der Waals surface area contributed by atoms with Crippen molar-refractivity contribution in [1.29, 1.82) is 0 Å². The summed E-state index contributed by atoms with van der Waals surface area (Å²) in [5.74, 6) is 1.62. The number of hydrogen-bond acceptors (Lipinski definition) is 5. The number of para-hydroxylation sites is 1. The van der Waals surface area contributed by atoms with Crippen molar-refractivity contribution in [3.63, 3.8) is 0 Å². The molecular weight excluding hydrogens is 354 g/mol. The molecule has 7 heteroatoms. The summed E-state index contributed by atoms with van der Waals surface area (Å²) in [5.41, 5.74) is 4.73. The monoisotopic (exact) mass is 375 g/mol. The summed E-state index contributed by atoms with van der Waals surface area (Å²) in [6, 6.07) is 6.11. The minimum atomic E-state index is -0.0851. The Bertz CT molecular complexity index is 826. The molecule has 3 rings (SSSR count). The van der Waals surface area contributed by atoms with Gasteiger partial charge in [0.15, 0.2) is 5.16 Å². The zero-order valence-electron chi connectivity index (χ0n) is 14.3. The predicted molar refractivity (Wildman–Crippen MR) is 104 cm³/mol. The van der Waals surface area contributed by atoms with Gasteiger partial charge >= 0.3 is 0 Å². The average molecular weight is 376 g/mol. The van der Waals surface area contributed by atoms with Crippen LogP contribution in [0.2, 0.25) is 0 Å². The molecule has 0 aliphatic carbocycles. The summed E-state index contributed by atoms with van der Waals surface area (Å²) >= 11 is 2.96. The van der Waals surface area contributed by atoms with Gasteiger partial charge in [0.05, 0.1) is 11.4 Å². The van der Waals surface area contributed by atoms with E-state index in [2.05, 4.69) is 29.1 Å². The van der Waals surface area contributed by atoms with E-state index in [1.807, 2.05) is 18.2 Å². The number of nitrogens with one attached hydrogen (secondary N) is 2. The topological polar surface area (TPSA) is 74.8 Å². The number of rotatable bonds is 6. The Labute approximate surface area is 155 Å². The number of hydrogen-bond donors (Lipinski definition) is 2. The molecular formula is C18H21N3O2S2. The maximum absolute atomic E-state index is 12.4. The number of H-pyrrole nitrogens is 1. The number of anilines is 1. The van der Waals surface area contributed by atoms with Gasteiger partial charge in [0, 0.05) is 22.8 Å². The lowest BCUT2D eigenvalue weighted by atomic mass is 10.0. The van der Waals surface area contributed by atoms with Crippen molar-refractivity contribution in [1.82, 2.24) is 9.97 Å². The maximum Gasteiger partial charge on any atom is 0.255 e. The highest BCUT2D eigenvalue weighted by Crippen LogP contribution is 2.27. The molecule has 1 aliphatic heterocycles. The molecule has 0 saturated heterocycles. The van der Waals surface area contributed by atoms with Crippen LogP contribution in [-0.2, 0) is 29.1 Å². The number of amides is 1. The van der Waals surface area contributed by atoms with Crippen LogP contribution >= 0.6 is 23.5 Å². The molecule has 25 heavy (non-hydrogen) atoms. The van der Waals surface area contributed by atoms with Crippen molar-refractivity contribution in [2.75, 3.05) is 11.1 Å². The first-order chi connectivity index (χ1) is 12.1. The fourth-order valence-electron chi connectivity index (χ4n) is 2.82. The predicted octanol–water partition coefficient (Wildman–Crippen LogP) is 3.37. The third-order valence-electron chi connectivity index (χ3n) is 4.17. The highest BCUT2D eigenvalue weighted by molar-refractivity contribution is 7.99. The number of aryl methyl sites for hydroxylation is 2. The van der Waals surface area contributed by atoms with Crippen LogP contribution in [0, 0.1) is 0 Å². The quantitative estimate of drug-likeness (QED) is 0.598. The van der Waals surface area contributed by atoms with Crippen molar-refractivity contribution >= 4 is 35.1 Å². The number of aromatic amines is 1. The Kier molecular flexibility index (Phi) is 5.86. The summed E-state index contributed by atoms with van der Waals surface area (Å²) in [4.78, 5) is 31.6. The molecule has 2 heterocycles. The molecule has 0 fully saturated rings. The Morgan fingerprint density at radius 3 is 2.68 bits per heavy atom. The van der Waals surface area contributed by atoms with Gasteiger partial charge in [0.2, 0.25) is 5.91 Å². The molecule has 0 bridgehead atoms. The number of aromatic nitrogens is 2. The summed E-state index contributed by atoms with van der Waals surface area (Å²) < 4.78 is 0. The molecule has 0 radical (unpaired) electrons. The van der Waals surface area contributed by atoms with E-state index in [1.165, 1.54) is 11.8 Å². The third kappa shape index (κ3) is 4.10. The Morgan fingerprint density at radius 2 is 2.00 bits per heavy atom. The van der Waals surface area contributed by atoms with Crippen molar-refractivity contribution in [3.05, 3.63) is 50.9 Å². The fraction of sp³-hybridized carbons (Fsp3) is 0.389. The van der Waals surface area contributed by atoms with Gasteiger partial charge in [-0.15, -0.1) is 0 Å². The summed E-state index contributed by atoms with van der Waals surface area (Å²) in [5, 5.41) is 3.55. The highest BCUT2D eigenvalue weighted by atomic mass is 32.2. The van der Waals surface area contributed by atoms with Gasteiger partial charge < -0.3 is 10.3 Å². The van der Waals surface area contributed by atoms with Gasteiger partial charge in [0.1, 0.15) is 0 Å². The van der Waals surface area contributed by atoms with Gasteiger partial charge in [-0.3, -0.25) is 9.59 Å². The molecule has 1 amide bonds. The minimum absolute atomic E-state index is 0.0810. The van der Waals surface area contributed by atoms with Crippen LogP contribution in [-0.4, -0.2) is 21.6 Å². The zero-order valence-corrected chi connectivity index (χ0v) is 16.0. The number of carbonyl (C=O) groups excluding carboxylic acids is 1. The molecule has 0 atom stereocenters. The van der Waals surface area contributed by atoms with Crippen molar-refractivity contribution in [2.45, 2.75) is 43.4 Å². The molecule has 132 valence electrons. The summed E-state index contributed by atoms with van der Waals surface area (Å²) in [6.07, 6.45) is 1.74. The first kappa shape index (κ1) is 18.1. The van der Waals surface area contributed by atoms with Gasteiger partial charge in [-0.25, -0.2) is 4.98 Å². The average Bonchev–Trinajstić information content (AvgIpc) is 3.09. The third-order valence-corrected chi connectivity index (χ3v) is 6.01. The molecule has 1 aliphatic rings. The Hall–Kier alpha value is -1.73. The van der Waals surface area contributed by atoms with Gasteiger partial charge in [0.25, 0.3) is 5.56 Å². The van der Waals surface area contributed by atoms with Crippen LogP contribution in [0.3, 0.4) is 0 Å². The lowest BCUT2D eigenvalue weighted by Gasteiger charge is -2.14. The molecule has 0 unspecified atom stereocenters. The maximum atomic E-state index is 12.4. The summed E-state index contributed by atoms with van der Waals surface area (Å²) in [6.45, 7) is 4.16. The van der Waals surface area contributed by atoms with Gasteiger partial charge in [-0.05, 0) is 24.0 Å². The molecule has 2 aromatic rings. The second-order valence-corrected chi connectivity index (χ2v) is 7.73. The van der Waals surface area contributed by atoms with Crippen LogP contribution in [0.25, 0.3) is 0 Å². The number of carbonyl (C=O) groups is 1. The normalized spacial score (nSPS) is 12.9. The van der Waals surface area contributed by atoms with E-state index in [1.54, 1.807) is 11.8 Å². The van der Waals surface area contributed by atoms with E-state index in [0.29, 0.717) is 5.16 Å². The van der Waals surface area contributed by atoms with E-state index in [-0.39, 0.29) is 17.2 Å². The van der Waals surface area contributed by atoms with Crippen LogP contribution in [0.15, 0.2) is 28.2 Å². The standard InChI is InChI=1S/C18H21N3O2S2/c1-3-11-6-5-7-12(4-2)16(11)20-15(22)10-25-18-19-14-9-24-8-13(14)17(23)21-18/h5-7H,3-4,8-10H2,1-2H3,(H,20,22)(H,19,21,23). The molecule has 2 N–H and O–H groups in total. The molecule has 1 aromatic carbocycles. The van der Waals surface area contributed by atoms with E-state index < -0.39 is 0 Å². The van der Waals surface area contributed by atoms with Gasteiger partial charge in [-0.1, -0.05) is 43.8 Å². The molecule has 0 spiro atoms. The molecule has 1 aromatic heterocycles.